The van der Waals surface area contributed by atoms with E-state index in [1.807, 2.05) is 6.07 Å². The normalized spacial score (nSPS) is 10.9. The molecule has 0 aliphatic carbocycles. The van der Waals surface area contributed by atoms with Crippen molar-refractivity contribution >= 4 is 40.4 Å². The summed E-state index contributed by atoms with van der Waals surface area (Å²) < 4.78 is 7.69. The third kappa shape index (κ3) is 3.45. The molecule has 2 aromatic rings. The van der Waals surface area contributed by atoms with Gasteiger partial charge in [0.1, 0.15) is 5.76 Å². The second-order valence-electron chi connectivity index (χ2n) is 3.34. The first-order chi connectivity index (χ1) is 8.13. The summed E-state index contributed by atoms with van der Waals surface area (Å²) in [4.78, 5) is 11.5. The predicted octanol–water partition coefficient (Wildman–Crippen LogP) is 2.27. The second-order valence-corrected chi connectivity index (χ2v) is 4.40. The summed E-state index contributed by atoms with van der Waals surface area (Å²) in [5.74, 6) is 0.928. The number of carbonyl (C=O) groups excluding carboxylic acids is 1. The van der Waals surface area contributed by atoms with Crippen LogP contribution >= 0.6 is 22.6 Å². The lowest BCUT2D eigenvalue weighted by atomic mass is 10.4. The number of nitrogens with one attached hydrogen (secondary N) is 1. The summed E-state index contributed by atoms with van der Waals surface area (Å²) in [6.45, 7) is 0. The van der Waals surface area contributed by atoms with E-state index in [-0.39, 0.29) is 5.91 Å². The van der Waals surface area contributed by atoms with Crippen LogP contribution in [0.5, 0.6) is 0 Å². The van der Waals surface area contributed by atoms with Gasteiger partial charge >= 0.3 is 0 Å². The van der Waals surface area contributed by atoms with Crippen molar-refractivity contribution in [3.05, 3.63) is 40.0 Å². The number of furan rings is 1. The van der Waals surface area contributed by atoms with E-state index in [9.17, 15) is 4.79 Å². The summed E-state index contributed by atoms with van der Waals surface area (Å²) >= 11 is 2.07. The quantitative estimate of drug-likeness (QED) is 0.687. The molecule has 0 saturated carbocycles. The van der Waals surface area contributed by atoms with Gasteiger partial charge in [0.2, 0.25) is 5.91 Å². The van der Waals surface area contributed by atoms with Gasteiger partial charge in [-0.25, -0.2) is 0 Å². The lowest BCUT2D eigenvalue weighted by Crippen LogP contribution is -2.08. The van der Waals surface area contributed by atoms with Crippen LogP contribution in [-0.4, -0.2) is 15.7 Å². The van der Waals surface area contributed by atoms with E-state index in [1.54, 1.807) is 36.1 Å². The molecule has 0 radical (unpaired) electrons. The molecule has 0 spiro atoms. The largest absolute Gasteiger partial charge is 0.451 e. The molecular formula is C11H10IN3O2. The average Bonchev–Trinajstić information content (AvgIpc) is 2.85. The molecule has 0 aliphatic rings. The van der Waals surface area contributed by atoms with Gasteiger partial charge in [-0.05, 0) is 40.8 Å². The van der Waals surface area contributed by atoms with E-state index in [1.165, 1.54) is 6.08 Å². The van der Waals surface area contributed by atoms with E-state index < -0.39 is 0 Å². The summed E-state index contributed by atoms with van der Waals surface area (Å²) in [5.41, 5.74) is 0. The van der Waals surface area contributed by atoms with Crippen LogP contribution < -0.4 is 5.32 Å². The van der Waals surface area contributed by atoms with Gasteiger partial charge in [0, 0.05) is 25.4 Å². The SMILES string of the molecule is Cn1ccc(NC(=O)/C=C/c2ccc(I)o2)n1. The van der Waals surface area contributed by atoms with Crippen LogP contribution in [0.25, 0.3) is 6.08 Å². The molecule has 0 unspecified atom stereocenters. The van der Waals surface area contributed by atoms with Gasteiger partial charge in [-0.1, -0.05) is 0 Å². The number of halogens is 1. The Labute approximate surface area is 112 Å². The lowest BCUT2D eigenvalue weighted by molar-refractivity contribution is -0.111. The number of anilines is 1. The first kappa shape index (κ1) is 11.9. The molecule has 2 rings (SSSR count). The van der Waals surface area contributed by atoms with Crippen LogP contribution in [0.2, 0.25) is 0 Å². The Balaban J connectivity index is 1.95. The molecule has 2 heterocycles. The highest BCUT2D eigenvalue weighted by atomic mass is 127. The van der Waals surface area contributed by atoms with Crippen LogP contribution in [0.4, 0.5) is 5.82 Å². The monoisotopic (exact) mass is 343 g/mol. The predicted molar refractivity (Wildman–Crippen MR) is 72.3 cm³/mol. The Morgan fingerprint density at radius 1 is 1.53 bits per heavy atom. The highest BCUT2D eigenvalue weighted by Crippen LogP contribution is 2.11. The summed E-state index contributed by atoms with van der Waals surface area (Å²) in [6.07, 6.45) is 4.78. The maximum absolute atomic E-state index is 11.5. The van der Waals surface area contributed by atoms with Gasteiger partial charge in [-0.2, -0.15) is 5.10 Å². The van der Waals surface area contributed by atoms with Crippen molar-refractivity contribution in [3.8, 4) is 0 Å². The molecule has 0 aromatic carbocycles. The zero-order chi connectivity index (χ0) is 12.3. The molecule has 0 bridgehead atoms. The van der Waals surface area contributed by atoms with Crippen molar-refractivity contribution in [2.24, 2.45) is 7.05 Å². The number of aryl methyl sites for hydroxylation is 1. The van der Waals surface area contributed by atoms with Gasteiger partial charge in [0.05, 0.1) is 0 Å². The molecule has 88 valence electrons. The minimum Gasteiger partial charge on any atom is -0.451 e. The highest BCUT2D eigenvalue weighted by Gasteiger charge is 2.01. The number of hydrogen-bond acceptors (Lipinski definition) is 3. The second kappa shape index (κ2) is 5.17. The van der Waals surface area contributed by atoms with E-state index in [0.717, 1.165) is 3.77 Å². The molecular weight excluding hydrogens is 333 g/mol. The van der Waals surface area contributed by atoms with Crippen LogP contribution in [0, 0.1) is 3.77 Å². The maximum atomic E-state index is 11.5. The average molecular weight is 343 g/mol. The van der Waals surface area contributed by atoms with Gasteiger partial charge < -0.3 is 9.73 Å². The van der Waals surface area contributed by atoms with E-state index >= 15 is 0 Å². The Bertz CT molecular complexity index is 557. The van der Waals surface area contributed by atoms with Crippen LogP contribution in [-0.2, 0) is 11.8 Å². The Hall–Kier alpha value is -1.57. The smallest absolute Gasteiger partial charge is 0.249 e. The molecule has 6 heteroatoms. The van der Waals surface area contributed by atoms with E-state index in [0.29, 0.717) is 11.6 Å². The third-order valence-corrected chi connectivity index (χ3v) is 2.54. The summed E-state index contributed by atoms with van der Waals surface area (Å²) in [5, 5.41) is 6.67. The van der Waals surface area contributed by atoms with Crippen molar-refractivity contribution in [1.29, 1.82) is 0 Å². The minimum atomic E-state index is -0.241. The van der Waals surface area contributed by atoms with Crippen molar-refractivity contribution in [3.63, 3.8) is 0 Å². The molecule has 0 aliphatic heterocycles. The maximum Gasteiger partial charge on any atom is 0.249 e. The van der Waals surface area contributed by atoms with Crippen molar-refractivity contribution in [2.75, 3.05) is 5.32 Å². The zero-order valence-corrected chi connectivity index (χ0v) is 11.2. The van der Waals surface area contributed by atoms with E-state index in [4.69, 9.17) is 4.42 Å². The number of amides is 1. The molecule has 1 N–H and O–H groups in total. The minimum absolute atomic E-state index is 0.241. The van der Waals surface area contributed by atoms with Gasteiger partial charge in [0.15, 0.2) is 9.58 Å². The molecule has 1 amide bonds. The standard InChI is InChI=1S/C11H10IN3O2/c1-15-7-6-10(14-15)13-11(16)5-3-8-2-4-9(12)17-8/h2-7H,1H3,(H,13,14,16)/b5-3+. The summed E-state index contributed by atoms with van der Waals surface area (Å²) in [7, 11) is 1.79. The van der Waals surface area contributed by atoms with Crippen LogP contribution in [0.3, 0.4) is 0 Å². The van der Waals surface area contributed by atoms with Crippen molar-refractivity contribution in [1.82, 2.24) is 9.78 Å². The molecule has 0 fully saturated rings. The zero-order valence-electron chi connectivity index (χ0n) is 9.05. The first-order valence-electron chi connectivity index (χ1n) is 4.87. The Morgan fingerprint density at radius 3 is 2.94 bits per heavy atom. The van der Waals surface area contributed by atoms with Crippen molar-refractivity contribution in [2.45, 2.75) is 0 Å². The molecule has 17 heavy (non-hydrogen) atoms. The third-order valence-electron chi connectivity index (χ3n) is 1.96. The number of aromatic nitrogens is 2. The van der Waals surface area contributed by atoms with Gasteiger partial charge in [-0.15, -0.1) is 0 Å². The lowest BCUT2D eigenvalue weighted by Gasteiger charge is -1.95. The molecule has 0 atom stereocenters. The van der Waals surface area contributed by atoms with Crippen LogP contribution in [0.1, 0.15) is 5.76 Å². The molecule has 5 nitrogen and oxygen atoms in total. The summed E-state index contributed by atoms with van der Waals surface area (Å²) in [6, 6.07) is 5.35. The Kier molecular flexibility index (Phi) is 3.62. The van der Waals surface area contributed by atoms with Gasteiger partial charge in [-0.3, -0.25) is 9.48 Å². The van der Waals surface area contributed by atoms with E-state index in [2.05, 4.69) is 33.0 Å². The van der Waals surface area contributed by atoms with Crippen LogP contribution in [0.15, 0.2) is 34.9 Å². The molecule has 0 saturated heterocycles. The fourth-order valence-corrected chi connectivity index (χ4v) is 1.66. The Morgan fingerprint density at radius 2 is 2.35 bits per heavy atom. The number of nitrogens with zero attached hydrogens (tertiary/aromatic N) is 2. The number of hydrogen-bond donors (Lipinski definition) is 1. The molecule has 2 aromatic heterocycles. The number of rotatable bonds is 3. The van der Waals surface area contributed by atoms with Gasteiger partial charge in [0.25, 0.3) is 0 Å². The number of carbonyl (C=O) groups is 1. The first-order valence-corrected chi connectivity index (χ1v) is 5.95. The fraction of sp³-hybridized carbons (Fsp3) is 0.0909. The highest BCUT2D eigenvalue weighted by molar-refractivity contribution is 14.1. The fourth-order valence-electron chi connectivity index (χ4n) is 1.23. The topological polar surface area (TPSA) is 60.1 Å². The van der Waals surface area contributed by atoms with Crippen molar-refractivity contribution < 1.29 is 9.21 Å².